The molecule has 3 atom stereocenters. The quantitative estimate of drug-likeness (QED) is 0.0197. The number of rotatable bonds is 61. The lowest BCUT2D eigenvalue weighted by Crippen LogP contribution is -2.30. The van der Waals surface area contributed by atoms with Crippen molar-refractivity contribution >= 4 is 25.7 Å². The number of phosphoric ester groups is 1. The van der Waals surface area contributed by atoms with Crippen LogP contribution in [0.25, 0.3) is 0 Å². The summed E-state index contributed by atoms with van der Waals surface area (Å²) in [5.41, 5.74) is 0. The Balaban J connectivity index is 4.69. The van der Waals surface area contributed by atoms with E-state index in [1.807, 2.05) is 0 Å². The Bertz CT molecular complexity index is 1490. The number of hydrogen-bond donors (Lipinski definition) is 2. The SMILES string of the molecule is CC/C=C\C/C=C\C/C=C\C/C=C\CCCCCCCCC(=O)OCC(COP(=O)(O)OCC(CO)OC(=O)CCCCCCCCCCCCCCC)OC(=O)CCCCCCCCCCCCCCCCCCCCC. The predicted molar refractivity (Wildman–Crippen MR) is 325 cm³/mol. The molecule has 0 heterocycles. The molecule has 78 heavy (non-hydrogen) atoms. The van der Waals surface area contributed by atoms with Gasteiger partial charge in [0.15, 0.2) is 6.10 Å². The minimum absolute atomic E-state index is 0.170. The van der Waals surface area contributed by atoms with Crippen molar-refractivity contribution in [3.63, 3.8) is 0 Å². The van der Waals surface area contributed by atoms with Crippen molar-refractivity contribution < 1.29 is 52.2 Å². The molecule has 0 aliphatic carbocycles. The molecule has 456 valence electrons. The third-order valence-corrected chi connectivity index (χ3v) is 15.2. The molecule has 0 radical (unpaired) electrons. The largest absolute Gasteiger partial charge is 0.472 e. The molecule has 0 fully saturated rings. The van der Waals surface area contributed by atoms with Crippen LogP contribution in [0, 0.1) is 0 Å². The Morgan fingerprint density at radius 1 is 0.372 bits per heavy atom. The van der Waals surface area contributed by atoms with Crippen molar-refractivity contribution in [2.45, 2.75) is 328 Å². The smallest absolute Gasteiger partial charge is 0.462 e. The third kappa shape index (κ3) is 58.1. The van der Waals surface area contributed by atoms with Crippen LogP contribution in [-0.4, -0.2) is 66.5 Å². The molecule has 0 amide bonds. The molecule has 0 aromatic carbocycles. The first kappa shape index (κ1) is 75.4. The molecule has 0 rings (SSSR count). The van der Waals surface area contributed by atoms with Crippen molar-refractivity contribution in [1.82, 2.24) is 0 Å². The van der Waals surface area contributed by atoms with Gasteiger partial charge in [-0.3, -0.25) is 23.4 Å². The van der Waals surface area contributed by atoms with Crippen LogP contribution >= 0.6 is 7.82 Å². The summed E-state index contributed by atoms with van der Waals surface area (Å²) in [5, 5.41) is 9.84. The molecule has 0 aromatic heterocycles. The second kappa shape index (κ2) is 60.5. The highest BCUT2D eigenvalue weighted by atomic mass is 31.2. The zero-order chi connectivity index (χ0) is 56.9. The number of aliphatic hydroxyl groups is 1. The number of carbonyl (C=O) groups is 3. The molecule has 2 N–H and O–H groups in total. The summed E-state index contributed by atoms with van der Waals surface area (Å²) in [7, 11) is -4.75. The number of carbonyl (C=O) groups excluding carboxylic acids is 3. The molecule has 0 spiro atoms. The first-order chi connectivity index (χ1) is 38.2. The molecule has 0 aliphatic rings. The summed E-state index contributed by atoms with van der Waals surface area (Å²) in [4.78, 5) is 48.7. The van der Waals surface area contributed by atoms with Gasteiger partial charge in [0.2, 0.25) is 0 Å². The lowest BCUT2D eigenvalue weighted by Gasteiger charge is -2.21. The van der Waals surface area contributed by atoms with Crippen LogP contribution in [0.4, 0.5) is 0 Å². The molecule has 0 saturated heterocycles. The second-order valence-corrected chi connectivity index (χ2v) is 23.4. The lowest BCUT2D eigenvalue weighted by atomic mass is 10.0. The zero-order valence-electron chi connectivity index (χ0n) is 50.6. The highest BCUT2D eigenvalue weighted by molar-refractivity contribution is 7.47. The molecule has 12 heteroatoms. The molecule has 3 unspecified atom stereocenters. The minimum Gasteiger partial charge on any atom is -0.462 e. The van der Waals surface area contributed by atoms with Gasteiger partial charge in [-0.15, -0.1) is 0 Å². The maximum absolute atomic E-state index is 13.0. The van der Waals surface area contributed by atoms with Gasteiger partial charge >= 0.3 is 25.7 Å². The fraction of sp³-hybridized carbons (Fsp3) is 0.833. The first-order valence-corrected chi connectivity index (χ1v) is 34.0. The molecule has 0 bridgehead atoms. The van der Waals surface area contributed by atoms with Crippen LogP contribution in [0.5, 0.6) is 0 Å². The highest BCUT2D eigenvalue weighted by Crippen LogP contribution is 2.43. The first-order valence-electron chi connectivity index (χ1n) is 32.5. The van der Waals surface area contributed by atoms with Gasteiger partial charge in [0.25, 0.3) is 0 Å². The van der Waals surface area contributed by atoms with Gasteiger partial charge in [0.05, 0.1) is 19.8 Å². The van der Waals surface area contributed by atoms with Crippen LogP contribution in [-0.2, 0) is 42.2 Å². The monoisotopic (exact) mass is 1120 g/mol. The standard InChI is InChI=1S/C66H121O11P/c1-4-7-10-13-16-19-22-25-27-29-31-33-35-38-40-43-46-49-52-55-64(68)73-59-63(77-66(70)57-54-51-48-45-42-39-36-34-32-30-28-26-23-20-17-14-11-8-5-2)61-75-78(71,72)74-60-62(58-67)76-65(69)56-53-50-47-44-41-37-24-21-18-15-12-9-6-3/h7,10,16,19,25,27,31,33,62-63,67H,4-6,8-9,11-15,17-18,20-24,26,28-30,32,34-61H2,1-3H3,(H,71,72)/b10-7-,19-16-,27-25-,33-31-. The molecule has 0 saturated carbocycles. The topological polar surface area (TPSA) is 155 Å². The van der Waals surface area contributed by atoms with E-state index in [9.17, 15) is 28.9 Å². The second-order valence-electron chi connectivity index (χ2n) is 21.9. The number of allylic oxidation sites excluding steroid dienone is 8. The lowest BCUT2D eigenvalue weighted by molar-refractivity contribution is -0.161. The van der Waals surface area contributed by atoms with Gasteiger partial charge in [-0.25, -0.2) is 4.57 Å². The Morgan fingerprint density at radius 2 is 0.667 bits per heavy atom. The van der Waals surface area contributed by atoms with Gasteiger partial charge in [-0.1, -0.05) is 288 Å². The van der Waals surface area contributed by atoms with Gasteiger partial charge in [-0.05, 0) is 57.8 Å². The van der Waals surface area contributed by atoms with E-state index in [0.717, 1.165) is 103 Å². The Labute approximate surface area is 479 Å². The Kier molecular flexibility index (Phi) is 58.5. The summed E-state index contributed by atoms with van der Waals surface area (Å²) in [6, 6.07) is 0. The number of unbranched alkanes of at least 4 members (excludes halogenated alkanes) is 36. The molecule has 0 aromatic rings. The van der Waals surface area contributed by atoms with Crippen LogP contribution in [0.15, 0.2) is 48.6 Å². The third-order valence-electron chi connectivity index (χ3n) is 14.3. The van der Waals surface area contributed by atoms with E-state index < -0.39 is 57.8 Å². The van der Waals surface area contributed by atoms with E-state index in [2.05, 4.69) is 69.4 Å². The minimum atomic E-state index is -4.75. The van der Waals surface area contributed by atoms with Crippen molar-refractivity contribution in [3.8, 4) is 0 Å². The Morgan fingerprint density at radius 3 is 1.03 bits per heavy atom. The summed E-state index contributed by atoms with van der Waals surface area (Å²) < 4.78 is 39.7. The summed E-state index contributed by atoms with van der Waals surface area (Å²) in [5.74, 6) is -1.45. The normalized spacial score (nSPS) is 13.6. The van der Waals surface area contributed by atoms with Gasteiger partial charge < -0.3 is 24.2 Å². The van der Waals surface area contributed by atoms with Crippen molar-refractivity contribution in [2.75, 3.05) is 26.4 Å². The Hall–Kier alpha value is -2.56. The number of aliphatic hydroxyl groups excluding tert-OH is 1. The van der Waals surface area contributed by atoms with Crippen LogP contribution in [0.1, 0.15) is 316 Å². The maximum Gasteiger partial charge on any atom is 0.472 e. The van der Waals surface area contributed by atoms with E-state index >= 15 is 0 Å². The average Bonchev–Trinajstić information content (AvgIpc) is 3.43. The van der Waals surface area contributed by atoms with E-state index in [0.29, 0.717) is 19.3 Å². The molecular weight excluding hydrogens is 1000 g/mol. The van der Waals surface area contributed by atoms with Crippen molar-refractivity contribution in [3.05, 3.63) is 48.6 Å². The van der Waals surface area contributed by atoms with E-state index in [1.165, 1.54) is 154 Å². The number of esters is 3. The van der Waals surface area contributed by atoms with E-state index in [1.54, 1.807) is 0 Å². The molecule has 0 aliphatic heterocycles. The average molecular weight is 1120 g/mol. The van der Waals surface area contributed by atoms with E-state index in [-0.39, 0.29) is 25.9 Å². The number of hydrogen-bond acceptors (Lipinski definition) is 10. The van der Waals surface area contributed by atoms with E-state index in [4.69, 9.17) is 23.3 Å². The number of phosphoric acid groups is 1. The summed E-state index contributed by atoms with van der Waals surface area (Å²) in [6.07, 6.45) is 66.3. The highest BCUT2D eigenvalue weighted by Gasteiger charge is 2.28. The van der Waals surface area contributed by atoms with Gasteiger partial charge in [0, 0.05) is 19.3 Å². The zero-order valence-corrected chi connectivity index (χ0v) is 51.5. The van der Waals surface area contributed by atoms with Crippen molar-refractivity contribution in [1.29, 1.82) is 0 Å². The van der Waals surface area contributed by atoms with Gasteiger partial charge in [0.1, 0.15) is 12.7 Å². The number of ether oxygens (including phenoxy) is 3. The molecular formula is C66H121O11P. The van der Waals surface area contributed by atoms with Crippen molar-refractivity contribution in [2.24, 2.45) is 0 Å². The van der Waals surface area contributed by atoms with Crippen LogP contribution < -0.4 is 0 Å². The maximum atomic E-state index is 13.0. The summed E-state index contributed by atoms with van der Waals surface area (Å²) in [6.45, 7) is 4.58. The van der Waals surface area contributed by atoms with Crippen LogP contribution in [0.3, 0.4) is 0 Å². The molecule has 11 nitrogen and oxygen atoms in total. The predicted octanol–water partition coefficient (Wildman–Crippen LogP) is 19.7. The van der Waals surface area contributed by atoms with Gasteiger partial charge in [-0.2, -0.15) is 0 Å². The fourth-order valence-corrected chi connectivity index (χ4v) is 10.1. The fourth-order valence-electron chi connectivity index (χ4n) is 9.35. The summed E-state index contributed by atoms with van der Waals surface area (Å²) >= 11 is 0. The van der Waals surface area contributed by atoms with Crippen LogP contribution in [0.2, 0.25) is 0 Å².